The number of nitrogens with zero attached hydrogens (tertiary/aromatic N) is 3. The van der Waals surface area contributed by atoms with Crippen molar-refractivity contribution in [2.45, 2.75) is 25.8 Å². The minimum atomic E-state index is -4.89. The van der Waals surface area contributed by atoms with E-state index >= 15 is 0 Å². The van der Waals surface area contributed by atoms with Gasteiger partial charge < -0.3 is 4.90 Å². The number of alkyl halides is 6. The minimum absolute atomic E-state index is 0.0310. The molecule has 1 aromatic heterocycles. The van der Waals surface area contributed by atoms with Crippen molar-refractivity contribution in [3.63, 3.8) is 0 Å². The van der Waals surface area contributed by atoms with Gasteiger partial charge >= 0.3 is 12.4 Å². The van der Waals surface area contributed by atoms with E-state index in [1.165, 1.54) is 36.4 Å². The molecule has 170 valence electrons. The van der Waals surface area contributed by atoms with E-state index in [0.29, 0.717) is 15.3 Å². The second-order valence-electron chi connectivity index (χ2n) is 6.81. The average molecular weight is 476 g/mol. The molecule has 0 unspecified atom stereocenters. The Balaban J connectivity index is 1.93. The highest BCUT2D eigenvalue weighted by Crippen LogP contribution is 2.35. The van der Waals surface area contributed by atoms with Gasteiger partial charge in [0.25, 0.3) is 5.91 Å². The highest BCUT2D eigenvalue weighted by atomic mass is 35.5. The van der Waals surface area contributed by atoms with Gasteiger partial charge in [-0.05, 0) is 48.9 Å². The van der Waals surface area contributed by atoms with E-state index in [-0.39, 0.29) is 18.8 Å². The summed E-state index contributed by atoms with van der Waals surface area (Å²) in [6.45, 7) is 1.42. The smallest absolute Gasteiger partial charge is 0.334 e. The fourth-order valence-electron chi connectivity index (χ4n) is 3.07. The molecule has 2 aromatic carbocycles. The number of carbonyl (C=O) groups is 1. The zero-order chi connectivity index (χ0) is 23.7. The van der Waals surface area contributed by atoms with Crippen molar-refractivity contribution in [2.75, 3.05) is 6.54 Å². The lowest BCUT2D eigenvalue weighted by atomic mass is 10.1. The topological polar surface area (TPSA) is 38.1 Å². The molecule has 0 aliphatic carbocycles. The van der Waals surface area contributed by atoms with E-state index in [1.54, 1.807) is 6.92 Å². The highest BCUT2D eigenvalue weighted by Gasteiger charge is 2.41. The van der Waals surface area contributed by atoms with Crippen LogP contribution in [-0.2, 0) is 18.9 Å². The van der Waals surface area contributed by atoms with Crippen molar-refractivity contribution >= 4 is 17.5 Å². The summed E-state index contributed by atoms with van der Waals surface area (Å²) in [5, 5.41) is 4.07. The predicted octanol–water partition coefficient (Wildman–Crippen LogP) is 6.23. The largest absolute Gasteiger partial charge is 0.434 e. The molecule has 11 heteroatoms. The summed E-state index contributed by atoms with van der Waals surface area (Å²) in [5.74, 6) is -0.945. The molecule has 4 nitrogen and oxygen atoms in total. The average Bonchev–Trinajstić information content (AvgIpc) is 3.17. The molecular formula is C21H16ClF6N3O. The number of rotatable bonds is 5. The zero-order valence-electron chi connectivity index (χ0n) is 16.5. The molecule has 0 N–H and O–H groups in total. The third-order valence-corrected chi connectivity index (χ3v) is 4.91. The molecule has 0 aliphatic heterocycles. The van der Waals surface area contributed by atoms with Gasteiger partial charge in [0.2, 0.25) is 0 Å². The summed E-state index contributed by atoms with van der Waals surface area (Å²) in [6, 6.07) is 9.52. The maximum atomic E-state index is 13.9. The lowest BCUT2D eigenvalue weighted by molar-refractivity contribution is -0.143. The lowest BCUT2D eigenvalue weighted by Crippen LogP contribution is -2.32. The molecule has 3 rings (SSSR count). The Morgan fingerprint density at radius 2 is 1.56 bits per heavy atom. The second kappa shape index (κ2) is 8.85. The van der Waals surface area contributed by atoms with E-state index in [4.69, 9.17) is 11.6 Å². The number of benzene rings is 2. The Kier molecular flexibility index (Phi) is 6.54. The molecule has 0 radical (unpaired) electrons. The van der Waals surface area contributed by atoms with Crippen LogP contribution in [0.5, 0.6) is 0 Å². The van der Waals surface area contributed by atoms with Gasteiger partial charge in [0.1, 0.15) is 0 Å². The molecular weight excluding hydrogens is 460 g/mol. The Hall–Kier alpha value is -3.01. The lowest BCUT2D eigenvalue weighted by Gasteiger charge is -2.22. The van der Waals surface area contributed by atoms with Gasteiger partial charge in [-0.2, -0.15) is 31.4 Å². The Morgan fingerprint density at radius 3 is 2.06 bits per heavy atom. The van der Waals surface area contributed by atoms with Gasteiger partial charge in [-0.25, -0.2) is 4.68 Å². The first-order valence-corrected chi connectivity index (χ1v) is 9.66. The van der Waals surface area contributed by atoms with Crippen LogP contribution in [0.15, 0.2) is 54.7 Å². The van der Waals surface area contributed by atoms with E-state index in [9.17, 15) is 31.1 Å². The van der Waals surface area contributed by atoms with Crippen molar-refractivity contribution in [3.8, 4) is 5.69 Å². The third kappa shape index (κ3) is 5.07. The van der Waals surface area contributed by atoms with Gasteiger partial charge in [0.15, 0.2) is 5.69 Å². The van der Waals surface area contributed by atoms with Crippen LogP contribution < -0.4 is 0 Å². The Bertz CT molecular complexity index is 1090. The summed E-state index contributed by atoms with van der Waals surface area (Å²) in [4.78, 5) is 14.0. The third-order valence-electron chi connectivity index (χ3n) is 4.66. The Morgan fingerprint density at radius 1 is 0.969 bits per heavy atom. The number of hydrogen-bond acceptors (Lipinski definition) is 2. The maximum Gasteiger partial charge on any atom is 0.434 e. The molecule has 0 saturated carbocycles. The van der Waals surface area contributed by atoms with Crippen LogP contribution in [0.1, 0.15) is 34.1 Å². The molecule has 0 bridgehead atoms. The van der Waals surface area contributed by atoms with Crippen molar-refractivity contribution in [1.82, 2.24) is 14.7 Å². The summed E-state index contributed by atoms with van der Waals surface area (Å²) >= 11 is 5.78. The molecule has 0 saturated heterocycles. The molecule has 0 aliphatic rings. The number of aromatic nitrogens is 2. The SMILES string of the molecule is CCN(Cc1ccc(C(F)(F)F)cc1)C(=O)c1cnn(-c2ccc(Cl)cc2)c1C(F)(F)F. The fraction of sp³-hybridized carbons (Fsp3) is 0.238. The molecule has 1 heterocycles. The second-order valence-corrected chi connectivity index (χ2v) is 7.24. The van der Waals surface area contributed by atoms with E-state index in [1.807, 2.05) is 0 Å². The standard InChI is InChI=1S/C21H16ClF6N3O/c1-2-30(12-13-3-5-14(6-4-13)20(23,24)25)19(32)17-11-29-31(18(17)21(26,27)28)16-9-7-15(22)8-10-16/h3-11H,2,12H2,1H3. The zero-order valence-corrected chi connectivity index (χ0v) is 17.3. The highest BCUT2D eigenvalue weighted by molar-refractivity contribution is 6.30. The summed E-state index contributed by atoms with van der Waals surface area (Å²) < 4.78 is 80.4. The minimum Gasteiger partial charge on any atom is -0.334 e. The van der Waals surface area contributed by atoms with E-state index < -0.39 is 35.1 Å². The van der Waals surface area contributed by atoms with E-state index in [2.05, 4.69) is 5.10 Å². The van der Waals surface area contributed by atoms with Gasteiger partial charge in [-0.3, -0.25) is 4.79 Å². The quantitative estimate of drug-likeness (QED) is 0.411. The number of amides is 1. The van der Waals surface area contributed by atoms with Crippen molar-refractivity contribution in [1.29, 1.82) is 0 Å². The molecule has 32 heavy (non-hydrogen) atoms. The van der Waals surface area contributed by atoms with Crippen molar-refractivity contribution in [2.24, 2.45) is 0 Å². The molecule has 1 amide bonds. The first-order valence-electron chi connectivity index (χ1n) is 9.28. The molecule has 3 aromatic rings. The predicted molar refractivity (Wildman–Crippen MR) is 105 cm³/mol. The fourth-order valence-corrected chi connectivity index (χ4v) is 3.20. The molecule has 0 atom stereocenters. The molecule has 0 fully saturated rings. The monoisotopic (exact) mass is 475 g/mol. The van der Waals surface area contributed by atoms with Gasteiger partial charge in [0.05, 0.1) is 23.0 Å². The van der Waals surface area contributed by atoms with Gasteiger partial charge in [0, 0.05) is 18.1 Å². The van der Waals surface area contributed by atoms with Crippen molar-refractivity contribution in [3.05, 3.63) is 82.1 Å². The van der Waals surface area contributed by atoms with Crippen LogP contribution >= 0.6 is 11.6 Å². The van der Waals surface area contributed by atoms with Crippen LogP contribution in [0, 0.1) is 0 Å². The van der Waals surface area contributed by atoms with Crippen LogP contribution in [0.2, 0.25) is 5.02 Å². The summed E-state index contributed by atoms with van der Waals surface area (Å²) in [5.41, 5.74) is -2.38. The number of hydrogen-bond donors (Lipinski definition) is 0. The first kappa shape index (κ1) is 23.6. The normalized spacial score (nSPS) is 12.1. The number of carbonyl (C=O) groups excluding carboxylic acids is 1. The van der Waals surface area contributed by atoms with Crippen LogP contribution in [-0.4, -0.2) is 27.1 Å². The summed E-state index contributed by atoms with van der Waals surface area (Å²) in [7, 11) is 0. The van der Waals surface area contributed by atoms with E-state index in [0.717, 1.165) is 23.2 Å². The maximum absolute atomic E-state index is 13.9. The Labute approximate surface area is 184 Å². The first-order chi connectivity index (χ1) is 14.9. The molecule has 0 spiro atoms. The van der Waals surface area contributed by atoms with Gasteiger partial charge in [-0.1, -0.05) is 23.7 Å². The summed E-state index contributed by atoms with van der Waals surface area (Å²) in [6.07, 6.45) is -8.58. The van der Waals surface area contributed by atoms with Crippen LogP contribution in [0.4, 0.5) is 26.3 Å². The van der Waals surface area contributed by atoms with Gasteiger partial charge in [-0.15, -0.1) is 0 Å². The number of halogens is 7. The van der Waals surface area contributed by atoms with Crippen LogP contribution in [0.3, 0.4) is 0 Å². The van der Waals surface area contributed by atoms with Crippen LogP contribution in [0.25, 0.3) is 5.69 Å². The van der Waals surface area contributed by atoms with Crippen molar-refractivity contribution < 1.29 is 31.1 Å².